The van der Waals surface area contributed by atoms with Gasteiger partial charge in [-0.15, -0.1) is 0 Å². The molecule has 0 bridgehead atoms. The van der Waals surface area contributed by atoms with E-state index in [4.69, 9.17) is 16.3 Å². The third kappa shape index (κ3) is 3.31. The molecular formula is C21H25ClN2O2. The van der Waals surface area contributed by atoms with Gasteiger partial charge < -0.3 is 14.4 Å². The number of aliphatic hydroxyl groups is 1. The molecule has 0 amide bonds. The molecular weight excluding hydrogens is 348 g/mol. The summed E-state index contributed by atoms with van der Waals surface area (Å²) >= 11 is 6.14. The third-order valence-electron chi connectivity index (χ3n) is 4.80. The quantitative estimate of drug-likeness (QED) is 0.628. The molecule has 0 aliphatic carbocycles. The fourth-order valence-electron chi connectivity index (χ4n) is 3.49. The Kier molecular flexibility index (Phi) is 5.26. The van der Waals surface area contributed by atoms with Crippen LogP contribution >= 0.6 is 11.6 Å². The molecule has 1 aromatic carbocycles. The van der Waals surface area contributed by atoms with Crippen molar-refractivity contribution >= 4 is 22.5 Å². The van der Waals surface area contributed by atoms with Crippen molar-refractivity contribution in [2.75, 3.05) is 6.61 Å². The molecule has 3 rings (SSSR count). The smallest absolute Gasteiger partial charge is 0.229 e. The van der Waals surface area contributed by atoms with Crippen LogP contribution in [0.15, 0.2) is 24.4 Å². The number of fused-ring (bicyclic) bond motifs is 1. The van der Waals surface area contributed by atoms with E-state index in [-0.39, 0.29) is 12.6 Å². The lowest BCUT2D eigenvalue weighted by molar-refractivity contribution is 0.227. The highest BCUT2D eigenvalue weighted by atomic mass is 35.5. The average molecular weight is 373 g/mol. The molecule has 4 nitrogen and oxygen atoms in total. The average Bonchev–Trinajstić information content (AvgIpc) is 2.88. The second-order valence-corrected chi connectivity index (χ2v) is 7.33. The predicted molar refractivity (Wildman–Crippen MR) is 107 cm³/mol. The fraction of sp³-hybridized carbons (Fsp3) is 0.381. The van der Waals surface area contributed by atoms with Gasteiger partial charge in [-0.05, 0) is 69.0 Å². The van der Waals surface area contributed by atoms with Crippen molar-refractivity contribution in [3.63, 3.8) is 0 Å². The van der Waals surface area contributed by atoms with Crippen molar-refractivity contribution in [3.05, 3.63) is 51.8 Å². The lowest BCUT2D eigenvalue weighted by Crippen LogP contribution is -2.11. The summed E-state index contributed by atoms with van der Waals surface area (Å²) in [5.74, 6) is 1.38. The van der Waals surface area contributed by atoms with Crippen LogP contribution in [-0.4, -0.2) is 21.3 Å². The number of pyridine rings is 1. The molecule has 2 aromatic heterocycles. The molecule has 26 heavy (non-hydrogen) atoms. The second-order valence-electron chi connectivity index (χ2n) is 6.90. The highest BCUT2D eigenvalue weighted by Crippen LogP contribution is 2.37. The first-order valence-electron chi connectivity index (χ1n) is 8.90. The van der Waals surface area contributed by atoms with E-state index in [1.54, 1.807) is 0 Å². The van der Waals surface area contributed by atoms with Crippen molar-refractivity contribution in [1.82, 2.24) is 9.55 Å². The molecule has 1 N–H and O–H groups in total. The van der Waals surface area contributed by atoms with Crippen LogP contribution in [0.2, 0.25) is 5.02 Å². The van der Waals surface area contributed by atoms with Gasteiger partial charge in [0.2, 0.25) is 5.88 Å². The molecule has 0 fully saturated rings. The summed E-state index contributed by atoms with van der Waals surface area (Å²) in [6.45, 7) is 10.2. The Labute approximate surface area is 159 Å². The van der Waals surface area contributed by atoms with Gasteiger partial charge in [-0.3, -0.25) is 0 Å². The topological polar surface area (TPSA) is 47.3 Å². The van der Waals surface area contributed by atoms with Gasteiger partial charge in [0.05, 0.1) is 23.6 Å². The van der Waals surface area contributed by atoms with Gasteiger partial charge >= 0.3 is 0 Å². The van der Waals surface area contributed by atoms with E-state index in [0.717, 1.165) is 45.5 Å². The zero-order valence-electron chi connectivity index (χ0n) is 15.9. The van der Waals surface area contributed by atoms with Crippen LogP contribution in [0.1, 0.15) is 41.8 Å². The number of aryl methyl sites for hydroxylation is 4. The number of ether oxygens (including phenoxy) is 1. The van der Waals surface area contributed by atoms with Crippen LogP contribution < -0.4 is 4.74 Å². The minimum atomic E-state index is 0.0415. The summed E-state index contributed by atoms with van der Waals surface area (Å²) < 4.78 is 8.42. The SMILES string of the molecule is CCC(CO)n1cc(C)c2c(Oc3c(C)cc(Cl)cc3C)nc(C)cc21. The molecule has 0 saturated carbocycles. The Morgan fingerprint density at radius 1 is 1.12 bits per heavy atom. The van der Waals surface area contributed by atoms with E-state index in [2.05, 4.69) is 28.7 Å². The summed E-state index contributed by atoms with van der Waals surface area (Å²) in [4.78, 5) is 4.66. The fourth-order valence-corrected chi connectivity index (χ4v) is 3.82. The van der Waals surface area contributed by atoms with Crippen LogP contribution in [0.5, 0.6) is 11.6 Å². The number of halogens is 1. The van der Waals surface area contributed by atoms with E-state index in [0.29, 0.717) is 10.9 Å². The normalized spacial score (nSPS) is 12.6. The first-order valence-corrected chi connectivity index (χ1v) is 9.27. The molecule has 0 aliphatic rings. The van der Waals surface area contributed by atoms with Crippen molar-refractivity contribution < 1.29 is 9.84 Å². The van der Waals surface area contributed by atoms with Crippen LogP contribution in [0.25, 0.3) is 10.9 Å². The van der Waals surface area contributed by atoms with Crippen molar-refractivity contribution in [2.45, 2.75) is 47.1 Å². The molecule has 1 atom stereocenters. The van der Waals surface area contributed by atoms with Gasteiger partial charge in [0.15, 0.2) is 0 Å². The van der Waals surface area contributed by atoms with E-state index in [1.165, 1.54) is 0 Å². The molecule has 0 aliphatic heterocycles. The standard InChI is InChI=1S/C21H25ClN2O2/c1-6-17(11-25)24-10-14(4)19-18(24)9-15(5)23-21(19)26-20-12(2)7-16(22)8-13(20)3/h7-10,17,25H,6,11H2,1-5H3. The number of aromatic nitrogens is 2. The summed E-state index contributed by atoms with van der Waals surface area (Å²) in [7, 11) is 0. The Morgan fingerprint density at radius 2 is 1.77 bits per heavy atom. The van der Waals surface area contributed by atoms with Crippen molar-refractivity contribution in [1.29, 1.82) is 0 Å². The zero-order chi connectivity index (χ0) is 19.0. The Bertz CT molecular complexity index is 935. The Balaban J connectivity index is 2.19. The third-order valence-corrected chi connectivity index (χ3v) is 5.02. The zero-order valence-corrected chi connectivity index (χ0v) is 16.7. The molecule has 5 heteroatoms. The molecule has 0 saturated heterocycles. The van der Waals surface area contributed by atoms with E-state index >= 15 is 0 Å². The molecule has 3 aromatic rings. The number of benzene rings is 1. The van der Waals surface area contributed by atoms with Gasteiger partial charge in [0.1, 0.15) is 5.75 Å². The van der Waals surface area contributed by atoms with Crippen molar-refractivity contribution in [3.8, 4) is 11.6 Å². The number of hydrogen-bond donors (Lipinski definition) is 1. The summed E-state index contributed by atoms with van der Waals surface area (Å²) in [5.41, 5.74) is 4.95. The Morgan fingerprint density at radius 3 is 2.35 bits per heavy atom. The largest absolute Gasteiger partial charge is 0.438 e. The van der Waals surface area contributed by atoms with Crippen LogP contribution in [0.3, 0.4) is 0 Å². The van der Waals surface area contributed by atoms with Gasteiger partial charge in [-0.2, -0.15) is 0 Å². The van der Waals surface area contributed by atoms with Crippen molar-refractivity contribution in [2.24, 2.45) is 0 Å². The number of hydrogen-bond acceptors (Lipinski definition) is 3. The first-order chi connectivity index (χ1) is 12.3. The molecule has 2 heterocycles. The van der Waals surface area contributed by atoms with Crippen LogP contribution in [0, 0.1) is 27.7 Å². The van der Waals surface area contributed by atoms with Gasteiger partial charge in [0, 0.05) is 16.9 Å². The van der Waals surface area contributed by atoms with E-state index < -0.39 is 0 Å². The van der Waals surface area contributed by atoms with E-state index in [1.807, 2.05) is 39.8 Å². The predicted octanol–water partition coefficient (Wildman–Crippen LogP) is 5.66. The number of aliphatic hydroxyl groups excluding tert-OH is 1. The minimum Gasteiger partial charge on any atom is -0.438 e. The van der Waals surface area contributed by atoms with Gasteiger partial charge in [-0.25, -0.2) is 4.98 Å². The molecule has 138 valence electrons. The lowest BCUT2D eigenvalue weighted by atomic mass is 10.1. The maximum atomic E-state index is 9.74. The number of nitrogens with zero attached hydrogens (tertiary/aromatic N) is 2. The Hall–Kier alpha value is -2.04. The maximum absolute atomic E-state index is 9.74. The van der Waals surface area contributed by atoms with Gasteiger partial charge in [0.25, 0.3) is 0 Å². The molecule has 1 unspecified atom stereocenters. The monoisotopic (exact) mass is 372 g/mol. The first kappa shape index (κ1) is 18.7. The minimum absolute atomic E-state index is 0.0415. The van der Waals surface area contributed by atoms with Crippen LogP contribution in [0.4, 0.5) is 0 Å². The summed E-state index contributed by atoms with van der Waals surface area (Å²) in [6, 6.07) is 5.89. The molecule has 0 spiro atoms. The highest BCUT2D eigenvalue weighted by molar-refractivity contribution is 6.30. The molecule has 0 radical (unpaired) electrons. The van der Waals surface area contributed by atoms with Crippen LogP contribution in [-0.2, 0) is 0 Å². The summed E-state index contributed by atoms with van der Waals surface area (Å²) in [6.07, 6.45) is 2.93. The second kappa shape index (κ2) is 7.29. The van der Waals surface area contributed by atoms with Gasteiger partial charge in [-0.1, -0.05) is 18.5 Å². The maximum Gasteiger partial charge on any atom is 0.229 e. The van der Waals surface area contributed by atoms with E-state index in [9.17, 15) is 5.11 Å². The number of rotatable bonds is 5. The highest BCUT2D eigenvalue weighted by Gasteiger charge is 2.19. The lowest BCUT2D eigenvalue weighted by Gasteiger charge is -2.17. The summed E-state index contributed by atoms with van der Waals surface area (Å²) in [5, 5.41) is 11.4.